The predicted molar refractivity (Wildman–Crippen MR) is 230 cm³/mol. The number of para-hydroxylation sites is 3. The van der Waals surface area contributed by atoms with Crippen LogP contribution in [0.25, 0.3) is 82.1 Å². The number of anilines is 3. The molecule has 2 nitrogen and oxygen atoms in total. The molecule has 0 saturated carbocycles. The number of aromatic nitrogens is 1. The molecule has 1 aromatic heterocycles. The molecule has 10 aromatic carbocycles. The summed E-state index contributed by atoms with van der Waals surface area (Å²) in [6.45, 7) is 0. The highest BCUT2D eigenvalue weighted by atomic mass is 15.1. The van der Waals surface area contributed by atoms with Gasteiger partial charge in [0.05, 0.1) is 22.4 Å². The molecule has 0 N–H and O–H groups in total. The van der Waals surface area contributed by atoms with E-state index in [1.807, 2.05) is 0 Å². The molecule has 252 valence electrons. The summed E-state index contributed by atoms with van der Waals surface area (Å²) in [5.74, 6) is 0. The Morgan fingerprint density at radius 3 is 1.52 bits per heavy atom. The Labute approximate surface area is 313 Å². The maximum atomic E-state index is 2.45. The molecular formula is C52H34N2. The molecule has 11 aromatic rings. The van der Waals surface area contributed by atoms with Crippen molar-refractivity contribution in [2.45, 2.75) is 0 Å². The molecule has 0 radical (unpaired) electrons. The molecule has 54 heavy (non-hydrogen) atoms. The molecule has 11 rings (SSSR count). The molecule has 0 aliphatic rings. The Morgan fingerprint density at radius 1 is 0.333 bits per heavy atom. The van der Waals surface area contributed by atoms with E-state index in [0.717, 1.165) is 17.1 Å². The fourth-order valence-corrected chi connectivity index (χ4v) is 8.74. The zero-order valence-electron chi connectivity index (χ0n) is 29.5. The minimum Gasteiger partial charge on any atom is -0.310 e. The van der Waals surface area contributed by atoms with Crippen LogP contribution >= 0.6 is 0 Å². The van der Waals surface area contributed by atoms with Gasteiger partial charge < -0.3 is 9.47 Å². The lowest BCUT2D eigenvalue weighted by Gasteiger charge is -2.29. The van der Waals surface area contributed by atoms with Gasteiger partial charge in [-0.05, 0) is 92.3 Å². The topological polar surface area (TPSA) is 8.17 Å². The van der Waals surface area contributed by atoms with Crippen molar-refractivity contribution in [2.75, 3.05) is 4.90 Å². The zero-order chi connectivity index (χ0) is 35.6. The third-order valence-electron chi connectivity index (χ3n) is 11.1. The first-order chi connectivity index (χ1) is 26.8. The van der Waals surface area contributed by atoms with E-state index in [2.05, 4.69) is 216 Å². The second-order valence-corrected chi connectivity index (χ2v) is 14.1. The highest BCUT2D eigenvalue weighted by Crippen LogP contribution is 2.47. The average molecular weight is 687 g/mol. The third kappa shape index (κ3) is 4.67. The Bertz CT molecular complexity index is 3090. The summed E-state index contributed by atoms with van der Waals surface area (Å²) in [5.41, 5.74) is 11.8. The molecular weight excluding hydrogens is 653 g/mol. The number of hydrogen-bond acceptors (Lipinski definition) is 1. The molecule has 0 amide bonds. The Kier molecular flexibility index (Phi) is 6.90. The van der Waals surface area contributed by atoms with Crippen LogP contribution in [-0.2, 0) is 0 Å². The summed E-state index contributed by atoms with van der Waals surface area (Å²) in [4.78, 5) is 2.43. The zero-order valence-corrected chi connectivity index (χ0v) is 29.5. The number of nitrogens with zero attached hydrogens (tertiary/aromatic N) is 2. The van der Waals surface area contributed by atoms with Gasteiger partial charge in [0.1, 0.15) is 0 Å². The Balaban J connectivity index is 1.17. The van der Waals surface area contributed by atoms with Crippen molar-refractivity contribution in [3.8, 4) is 27.9 Å². The Morgan fingerprint density at radius 2 is 0.852 bits per heavy atom. The maximum Gasteiger partial charge on any atom is 0.0541 e. The lowest BCUT2D eigenvalue weighted by atomic mass is 9.91. The van der Waals surface area contributed by atoms with Crippen LogP contribution in [0.5, 0.6) is 0 Å². The maximum absolute atomic E-state index is 2.45. The van der Waals surface area contributed by atoms with E-state index in [1.54, 1.807) is 0 Å². The van der Waals surface area contributed by atoms with Gasteiger partial charge in [-0.25, -0.2) is 0 Å². The minimum absolute atomic E-state index is 1.11. The van der Waals surface area contributed by atoms with E-state index >= 15 is 0 Å². The van der Waals surface area contributed by atoms with Crippen LogP contribution < -0.4 is 4.90 Å². The van der Waals surface area contributed by atoms with Gasteiger partial charge in [-0.1, -0.05) is 158 Å². The molecule has 0 spiro atoms. The van der Waals surface area contributed by atoms with Crippen molar-refractivity contribution >= 4 is 71.2 Å². The van der Waals surface area contributed by atoms with Gasteiger partial charge >= 0.3 is 0 Å². The van der Waals surface area contributed by atoms with Crippen LogP contribution in [0, 0.1) is 0 Å². The molecule has 0 saturated heterocycles. The molecule has 0 aliphatic carbocycles. The van der Waals surface area contributed by atoms with Crippen molar-refractivity contribution in [1.29, 1.82) is 0 Å². The van der Waals surface area contributed by atoms with Crippen LogP contribution in [0.15, 0.2) is 206 Å². The van der Waals surface area contributed by atoms with Crippen LogP contribution in [0.3, 0.4) is 0 Å². The molecule has 2 heteroatoms. The van der Waals surface area contributed by atoms with Crippen molar-refractivity contribution in [3.05, 3.63) is 206 Å². The van der Waals surface area contributed by atoms with Gasteiger partial charge in [-0.3, -0.25) is 0 Å². The number of hydrogen-bond donors (Lipinski definition) is 0. The third-order valence-corrected chi connectivity index (χ3v) is 11.1. The smallest absolute Gasteiger partial charge is 0.0541 e. The highest BCUT2D eigenvalue weighted by molar-refractivity contribution is 6.27. The summed E-state index contributed by atoms with van der Waals surface area (Å²) >= 11 is 0. The molecule has 0 fully saturated rings. The normalized spacial score (nSPS) is 11.7. The van der Waals surface area contributed by atoms with E-state index < -0.39 is 0 Å². The van der Waals surface area contributed by atoms with Crippen molar-refractivity contribution < 1.29 is 0 Å². The van der Waals surface area contributed by atoms with E-state index in [1.165, 1.54) is 82.1 Å². The Hall–Kier alpha value is -7.16. The van der Waals surface area contributed by atoms with E-state index in [9.17, 15) is 0 Å². The quantitative estimate of drug-likeness (QED) is 0.158. The van der Waals surface area contributed by atoms with Crippen LogP contribution in [-0.4, -0.2) is 4.57 Å². The van der Waals surface area contributed by atoms with Gasteiger partial charge in [0.15, 0.2) is 0 Å². The monoisotopic (exact) mass is 686 g/mol. The van der Waals surface area contributed by atoms with Crippen molar-refractivity contribution in [1.82, 2.24) is 4.57 Å². The first kappa shape index (κ1) is 30.5. The summed E-state index contributed by atoms with van der Waals surface area (Å²) in [7, 11) is 0. The van der Waals surface area contributed by atoms with Gasteiger partial charge in [-0.2, -0.15) is 0 Å². The number of benzene rings is 10. The lowest BCUT2D eigenvalue weighted by Crippen LogP contribution is -2.11. The molecule has 0 atom stereocenters. The number of fused-ring (bicyclic) bond motifs is 3. The summed E-state index contributed by atoms with van der Waals surface area (Å²) in [6, 6.07) is 75.2. The first-order valence-electron chi connectivity index (χ1n) is 18.6. The van der Waals surface area contributed by atoms with Crippen molar-refractivity contribution in [3.63, 3.8) is 0 Å². The van der Waals surface area contributed by atoms with Gasteiger partial charge in [-0.15, -0.1) is 0 Å². The van der Waals surface area contributed by atoms with E-state index in [0.29, 0.717) is 0 Å². The molecule has 1 heterocycles. The van der Waals surface area contributed by atoms with Gasteiger partial charge in [0.2, 0.25) is 0 Å². The molecule has 0 unspecified atom stereocenters. The fraction of sp³-hybridized carbons (Fsp3) is 0. The average Bonchev–Trinajstić information content (AvgIpc) is 3.58. The molecule has 0 aliphatic heterocycles. The second-order valence-electron chi connectivity index (χ2n) is 14.1. The lowest BCUT2D eigenvalue weighted by molar-refractivity contribution is 1.20. The largest absolute Gasteiger partial charge is 0.310 e. The summed E-state index contributed by atoms with van der Waals surface area (Å²) < 4.78 is 2.45. The second kappa shape index (κ2) is 12.2. The summed E-state index contributed by atoms with van der Waals surface area (Å²) in [6.07, 6.45) is 0. The highest BCUT2D eigenvalue weighted by Gasteiger charge is 2.22. The first-order valence-corrected chi connectivity index (χ1v) is 18.6. The van der Waals surface area contributed by atoms with Crippen LogP contribution in [0.1, 0.15) is 0 Å². The van der Waals surface area contributed by atoms with Crippen molar-refractivity contribution in [2.24, 2.45) is 0 Å². The minimum atomic E-state index is 1.11. The SMILES string of the molecule is c1ccc(-c2ccc(N(c3ccccc3)c3ccc4ccc5c(-n6c7ccccc7c7ccccc76)ccc6ccc3c4c65)cc2-c2ccccc2)cc1. The van der Waals surface area contributed by atoms with Gasteiger partial charge in [0, 0.05) is 32.9 Å². The van der Waals surface area contributed by atoms with Crippen LogP contribution in [0.4, 0.5) is 17.1 Å². The number of rotatable bonds is 6. The van der Waals surface area contributed by atoms with Gasteiger partial charge in [0.25, 0.3) is 0 Å². The van der Waals surface area contributed by atoms with Crippen LogP contribution in [0.2, 0.25) is 0 Å². The van der Waals surface area contributed by atoms with E-state index in [4.69, 9.17) is 0 Å². The van der Waals surface area contributed by atoms with E-state index in [-0.39, 0.29) is 0 Å². The fourth-order valence-electron chi connectivity index (χ4n) is 8.74. The standard InChI is InChI=1S/C52H34N2/c1-4-14-35(15-5-1)41-31-28-40(34-46(41)36-16-6-2-7-17-36)53(39-18-8-3-9-19-39)49-32-26-37-25-30-45-50(33-27-38-24-29-44(49)51(37)52(38)45)54-47-22-12-10-20-42(47)43-21-11-13-23-48(43)54/h1-34H. The molecule has 0 bridgehead atoms. The predicted octanol–water partition coefficient (Wildman–Crippen LogP) is 14.5. The summed E-state index contributed by atoms with van der Waals surface area (Å²) in [5, 5.41) is 10.1.